The SMILES string of the molecule is CSCCC(NC(=O)OCC(C)C)C(=O)NC(CC(C)C)C(=O)NC(Cc1ccncc1)C(=O)C(C)C.[HH].[HH].[HH]. The van der Waals surface area contributed by atoms with Gasteiger partial charge in [-0.05, 0) is 60.8 Å². The molecule has 0 radical (unpaired) electrons. The number of ether oxygens (including phenoxy) is 1. The number of aromatic nitrogens is 1. The summed E-state index contributed by atoms with van der Waals surface area (Å²) in [5.74, 6) is -0.352. The molecule has 3 unspecified atom stereocenters. The van der Waals surface area contributed by atoms with Gasteiger partial charge in [-0.25, -0.2) is 4.79 Å². The molecule has 3 amide bonds. The molecule has 0 saturated carbocycles. The topological polar surface area (TPSA) is 126 Å². The number of hydrogen-bond donors (Lipinski definition) is 3. The number of nitrogens with one attached hydrogen (secondary N) is 3. The van der Waals surface area contributed by atoms with E-state index >= 15 is 0 Å². The van der Waals surface area contributed by atoms with E-state index in [1.54, 1.807) is 50.1 Å². The Morgan fingerprint density at radius 2 is 1.49 bits per heavy atom. The van der Waals surface area contributed by atoms with Gasteiger partial charge in [0, 0.05) is 22.6 Å². The van der Waals surface area contributed by atoms with Crippen LogP contribution >= 0.6 is 11.8 Å². The zero-order valence-electron chi connectivity index (χ0n) is 23.2. The quantitative estimate of drug-likeness (QED) is 0.287. The van der Waals surface area contributed by atoms with Crippen molar-refractivity contribution in [3.63, 3.8) is 0 Å². The molecule has 0 spiro atoms. The zero-order chi connectivity index (χ0) is 28.0. The first-order valence-electron chi connectivity index (χ1n) is 12.9. The fraction of sp³-hybridized carbons (Fsp3) is 0.667. The van der Waals surface area contributed by atoms with Gasteiger partial charge < -0.3 is 20.7 Å². The van der Waals surface area contributed by atoms with E-state index in [4.69, 9.17) is 4.74 Å². The number of amides is 3. The minimum atomic E-state index is -0.863. The fourth-order valence-corrected chi connectivity index (χ4v) is 4.03. The average molecular weight is 543 g/mol. The molecule has 1 heterocycles. The summed E-state index contributed by atoms with van der Waals surface area (Å²) < 4.78 is 5.18. The lowest BCUT2D eigenvalue weighted by Gasteiger charge is -2.26. The van der Waals surface area contributed by atoms with Crippen molar-refractivity contribution in [3.8, 4) is 0 Å². The van der Waals surface area contributed by atoms with Crippen molar-refractivity contribution in [2.45, 2.75) is 78.9 Å². The summed E-state index contributed by atoms with van der Waals surface area (Å²) in [6.45, 7) is 11.6. The summed E-state index contributed by atoms with van der Waals surface area (Å²) >= 11 is 1.55. The normalized spacial score (nSPS) is 13.7. The molecular formula is C27H50N4O5S. The fourth-order valence-electron chi connectivity index (χ4n) is 3.56. The van der Waals surface area contributed by atoms with Crippen molar-refractivity contribution in [2.24, 2.45) is 17.8 Å². The molecule has 9 nitrogen and oxygen atoms in total. The van der Waals surface area contributed by atoms with Gasteiger partial charge in [0.25, 0.3) is 0 Å². The molecule has 3 atom stereocenters. The number of Topliss-reactive ketones (excluding diaryl/α,β-unsaturated/α-hetero) is 1. The van der Waals surface area contributed by atoms with Crippen LogP contribution in [0.2, 0.25) is 0 Å². The Labute approximate surface area is 230 Å². The molecule has 0 bridgehead atoms. The number of hydrogen-bond acceptors (Lipinski definition) is 7. The third kappa shape index (κ3) is 13.0. The highest BCUT2D eigenvalue weighted by Gasteiger charge is 2.31. The van der Waals surface area contributed by atoms with Crippen LogP contribution in [-0.4, -0.2) is 65.4 Å². The Hall–Kier alpha value is -2.62. The highest BCUT2D eigenvalue weighted by Crippen LogP contribution is 2.11. The second-order valence-electron chi connectivity index (χ2n) is 10.3. The molecule has 214 valence electrons. The van der Waals surface area contributed by atoms with Gasteiger partial charge in [0.2, 0.25) is 11.8 Å². The van der Waals surface area contributed by atoms with Crippen molar-refractivity contribution < 1.29 is 28.2 Å². The molecule has 0 aliphatic carbocycles. The number of ketones is 1. The van der Waals surface area contributed by atoms with Gasteiger partial charge in [-0.15, -0.1) is 0 Å². The Balaban J connectivity index is -0.00000456. The Bertz CT molecular complexity index is 879. The average Bonchev–Trinajstić information content (AvgIpc) is 2.84. The lowest BCUT2D eigenvalue weighted by atomic mass is 9.95. The minimum Gasteiger partial charge on any atom is -0.449 e. The number of alkyl carbamates (subject to hydrolysis) is 1. The van der Waals surface area contributed by atoms with Gasteiger partial charge in [0.05, 0.1) is 12.6 Å². The highest BCUT2D eigenvalue weighted by atomic mass is 32.2. The van der Waals surface area contributed by atoms with Crippen molar-refractivity contribution in [2.75, 3.05) is 18.6 Å². The number of carbonyl (C=O) groups is 4. The van der Waals surface area contributed by atoms with Crippen LogP contribution in [0.4, 0.5) is 4.79 Å². The van der Waals surface area contributed by atoms with Crippen LogP contribution in [0.1, 0.15) is 64.2 Å². The second-order valence-corrected chi connectivity index (χ2v) is 11.3. The molecule has 0 aromatic carbocycles. The summed E-state index contributed by atoms with van der Waals surface area (Å²) in [6, 6.07) is 1.16. The summed E-state index contributed by atoms with van der Waals surface area (Å²) in [5, 5.41) is 8.32. The largest absolute Gasteiger partial charge is 0.449 e. The van der Waals surface area contributed by atoms with Gasteiger partial charge in [0.15, 0.2) is 5.78 Å². The van der Waals surface area contributed by atoms with Crippen LogP contribution in [0, 0.1) is 17.8 Å². The number of nitrogens with zero attached hydrogens (tertiary/aromatic N) is 1. The molecule has 1 aromatic heterocycles. The lowest BCUT2D eigenvalue weighted by molar-refractivity contribution is -0.133. The van der Waals surface area contributed by atoms with E-state index < -0.39 is 36.0 Å². The van der Waals surface area contributed by atoms with Crippen LogP contribution in [0.3, 0.4) is 0 Å². The van der Waals surface area contributed by atoms with E-state index in [1.807, 2.05) is 34.0 Å². The van der Waals surface area contributed by atoms with Crippen molar-refractivity contribution in [1.82, 2.24) is 20.9 Å². The molecule has 0 saturated heterocycles. The number of rotatable bonds is 16. The minimum absolute atomic E-state index is 0. The number of carbonyl (C=O) groups excluding carboxylic acids is 4. The summed E-state index contributed by atoms with van der Waals surface area (Å²) in [4.78, 5) is 55.7. The molecule has 0 aliphatic rings. The third-order valence-electron chi connectivity index (χ3n) is 5.53. The summed E-state index contributed by atoms with van der Waals surface area (Å²) in [6.07, 6.45) is 5.62. The van der Waals surface area contributed by atoms with E-state index in [2.05, 4.69) is 20.9 Å². The Kier molecular flexibility index (Phi) is 14.9. The maximum Gasteiger partial charge on any atom is 0.407 e. The van der Waals surface area contributed by atoms with Gasteiger partial charge in [0.1, 0.15) is 12.1 Å². The lowest BCUT2D eigenvalue weighted by Crippen LogP contribution is -2.56. The van der Waals surface area contributed by atoms with Crippen LogP contribution < -0.4 is 16.0 Å². The van der Waals surface area contributed by atoms with Gasteiger partial charge in [-0.1, -0.05) is 41.5 Å². The predicted octanol–water partition coefficient (Wildman–Crippen LogP) is 4.11. The van der Waals surface area contributed by atoms with Crippen molar-refractivity contribution in [3.05, 3.63) is 30.1 Å². The van der Waals surface area contributed by atoms with E-state index in [-0.39, 0.29) is 34.4 Å². The number of pyridine rings is 1. The summed E-state index contributed by atoms with van der Waals surface area (Å²) in [7, 11) is 0. The van der Waals surface area contributed by atoms with E-state index in [0.29, 0.717) is 25.0 Å². The molecule has 37 heavy (non-hydrogen) atoms. The molecule has 0 aliphatic heterocycles. The first kappa shape index (κ1) is 32.4. The highest BCUT2D eigenvalue weighted by molar-refractivity contribution is 7.98. The van der Waals surface area contributed by atoms with Crippen LogP contribution in [-0.2, 0) is 25.5 Å². The smallest absolute Gasteiger partial charge is 0.407 e. The van der Waals surface area contributed by atoms with Gasteiger partial charge in [-0.3, -0.25) is 19.4 Å². The maximum atomic E-state index is 13.4. The van der Waals surface area contributed by atoms with E-state index in [9.17, 15) is 19.2 Å². The maximum absolute atomic E-state index is 13.4. The van der Waals surface area contributed by atoms with Crippen LogP contribution in [0.5, 0.6) is 0 Å². The Morgan fingerprint density at radius 3 is 2.03 bits per heavy atom. The van der Waals surface area contributed by atoms with E-state index in [0.717, 1.165) is 5.56 Å². The molecule has 1 aromatic rings. The zero-order valence-corrected chi connectivity index (χ0v) is 24.0. The monoisotopic (exact) mass is 542 g/mol. The predicted molar refractivity (Wildman–Crippen MR) is 154 cm³/mol. The van der Waals surface area contributed by atoms with Crippen LogP contribution in [0.15, 0.2) is 24.5 Å². The van der Waals surface area contributed by atoms with Gasteiger partial charge in [-0.2, -0.15) is 11.8 Å². The summed E-state index contributed by atoms with van der Waals surface area (Å²) in [5.41, 5.74) is 0.875. The molecule has 10 heteroatoms. The first-order valence-corrected chi connectivity index (χ1v) is 14.3. The second kappa shape index (κ2) is 17.0. The first-order chi connectivity index (χ1) is 17.4. The van der Waals surface area contributed by atoms with Gasteiger partial charge >= 0.3 is 6.09 Å². The molecule has 3 N–H and O–H groups in total. The molecule has 0 fully saturated rings. The van der Waals surface area contributed by atoms with Crippen LogP contribution in [0.25, 0.3) is 0 Å². The standard InChI is InChI=1S/C27H44N4O5S.3H2/c1-17(2)14-23(30-25(33)21(10-13-37-7)31-27(35)36-16-18(3)4)26(34)29-22(24(32)19(5)6)15-20-8-11-28-12-9-20;;;/h8-9,11-12,17-19,21-23H,10,13-16H2,1-7H3,(H,29,34)(H,30,33)(H,31,35);3*1H. The van der Waals surface area contributed by atoms with Crippen molar-refractivity contribution >= 4 is 35.5 Å². The molecule has 1 rings (SSSR count). The van der Waals surface area contributed by atoms with E-state index in [1.165, 1.54) is 0 Å². The van der Waals surface area contributed by atoms with Crippen molar-refractivity contribution in [1.29, 1.82) is 0 Å². The number of thioether (sulfide) groups is 1. The Morgan fingerprint density at radius 1 is 0.892 bits per heavy atom. The third-order valence-corrected chi connectivity index (χ3v) is 6.17. The molecular weight excluding hydrogens is 492 g/mol.